The maximum absolute atomic E-state index is 12.8. The third-order valence-electron chi connectivity index (χ3n) is 6.30. The van der Waals surface area contributed by atoms with Crippen molar-refractivity contribution in [3.05, 3.63) is 96.2 Å². The van der Waals surface area contributed by atoms with Crippen LogP contribution in [-0.2, 0) is 4.79 Å². The van der Waals surface area contributed by atoms with Crippen molar-refractivity contribution in [2.45, 2.75) is 11.8 Å². The molecule has 0 unspecified atom stereocenters. The molecule has 2 heterocycles. The van der Waals surface area contributed by atoms with Crippen LogP contribution in [0.5, 0.6) is 0 Å². The predicted molar refractivity (Wildman–Crippen MR) is 147 cm³/mol. The fourth-order valence-electron chi connectivity index (χ4n) is 4.42. The highest BCUT2D eigenvalue weighted by Gasteiger charge is 2.22. The highest BCUT2D eigenvalue weighted by molar-refractivity contribution is 8.00. The van der Waals surface area contributed by atoms with Crippen LogP contribution < -0.4 is 10.2 Å². The zero-order chi connectivity index (χ0) is 24.9. The van der Waals surface area contributed by atoms with Gasteiger partial charge in [-0.15, -0.1) is 11.8 Å². The number of nitrogens with zero attached hydrogens (tertiary/aromatic N) is 3. The SMILES string of the molecule is Cc1cccc(C(=O)N2CCN(c3ccc(NC(=O)CSc4cccc5cccnc45)cc3)CC2)c1. The van der Waals surface area contributed by atoms with Crippen LogP contribution in [0.1, 0.15) is 15.9 Å². The van der Waals surface area contributed by atoms with E-state index < -0.39 is 0 Å². The van der Waals surface area contributed by atoms with E-state index in [1.54, 1.807) is 6.20 Å². The molecule has 0 saturated carbocycles. The quantitative estimate of drug-likeness (QED) is 0.370. The molecule has 182 valence electrons. The van der Waals surface area contributed by atoms with E-state index in [4.69, 9.17) is 0 Å². The minimum absolute atomic E-state index is 0.0519. The number of aryl methyl sites for hydroxylation is 1. The number of rotatable bonds is 6. The van der Waals surface area contributed by atoms with Crippen molar-refractivity contribution >= 4 is 45.9 Å². The number of fused-ring (bicyclic) bond motifs is 1. The number of thioether (sulfide) groups is 1. The summed E-state index contributed by atoms with van der Waals surface area (Å²) in [6.45, 7) is 4.93. The van der Waals surface area contributed by atoms with Gasteiger partial charge in [0.25, 0.3) is 5.91 Å². The lowest BCUT2D eigenvalue weighted by Crippen LogP contribution is -2.48. The van der Waals surface area contributed by atoms with Crippen LogP contribution in [0.15, 0.2) is 90.0 Å². The first-order valence-corrected chi connectivity index (χ1v) is 13.0. The van der Waals surface area contributed by atoms with Gasteiger partial charge in [-0.1, -0.05) is 35.9 Å². The van der Waals surface area contributed by atoms with E-state index in [1.807, 2.05) is 90.7 Å². The van der Waals surface area contributed by atoms with Crippen molar-refractivity contribution in [3.8, 4) is 0 Å². The average Bonchev–Trinajstić information content (AvgIpc) is 2.92. The monoisotopic (exact) mass is 496 g/mol. The van der Waals surface area contributed by atoms with Gasteiger partial charge < -0.3 is 15.1 Å². The molecule has 6 nitrogen and oxygen atoms in total. The molecule has 3 aromatic carbocycles. The molecule has 7 heteroatoms. The van der Waals surface area contributed by atoms with E-state index in [0.29, 0.717) is 18.8 Å². The van der Waals surface area contributed by atoms with Gasteiger partial charge in [0.15, 0.2) is 0 Å². The van der Waals surface area contributed by atoms with Gasteiger partial charge in [-0.3, -0.25) is 14.6 Å². The number of carbonyl (C=O) groups is 2. The predicted octanol–water partition coefficient (Wildman–Crippen LogP) is 5.24. The second kappa shape index (κ2) is 10.8. The largest absolute Gasteiger partial charge is 0.368 e. The third-order valence-corrected chi connectivity index (χ3v) is 7.35. The van der Waals surface area contributed by atoms with Crippen molar-refractivity contribution in [2.75, 3.05) is 42.1 Å². The maximum atomic E-state index is 12.8. The number of nitrogens with one attached hydrogen (secondary N) is 1. The van der Waals surface area contributed by atoms with Crippen LogP contribution >= 0.6 is 11.8 Å². The van der Waals surface area contributed by atoms with Crippen molar-refractivity contribution in [3.63, 3.8) is 0 Å². The molecular formula is C29H28N4O2S. The standard InChI is InChI=1S/C29H28N4O2S/c1-21-5-2-7-23(19-21)29(35)33-17-15-32(16-18-33)25-12-10-24(11-13-25)31-27(34)20-36-26-9-3-6-22-8-4-14-30-28(22)26/h2-14,19H,15-18,20H2,1H3,(H,31,34). The number of amides is 2. The minimum atomic E-state index is -0.0519. The molecule has 1 aliphatic heterocycles. The van der Waals surface area contributed by atoms with Crippen LogP contribution in [0.4, 0.5) is 11.4 Å². The number of aromatic nitrogens is 1. The molecule has 2 amide bonds. The van der Waals surface area contributed by atoms with Gasteiger partial charge >= 0.3 is 0 Å². The molecule has 1 fully saturated rings. The van der Waals surface area contributed by atoms with Gasteiger partial charge in [0.05, 0.1) is 11.3 Å². The highest BCUT2D eigenvalue weighted by atomic mass is 32.2. The third kappa shape index (κ3) is 5.52. The van der Waals surface area contributed by atoms with E-state index in [-0.39, 0.29) is 11.8 Å². The highest BCUT2D eigenvalue weighted by Crippen LogP contribution is 2.26. The lowest BCUT2D eigenvalue weighted by atomic mass is 10.1. The Bertz CT molecular complexity index is 1380. The molecule has 5 rings (SSSR count). The number of carbonyl (C=O) groups excluding carboxylic acids is 2. The van der Waals surface area contributed by atoms with Crippen LogP contribution in [0.3, 0.4) is 0 Å². The minimum Gasteiger partial charge on any atom is -0.368 e. The summed E-state index contributed by atoms with van der Waals surface area (Å²) in [5.74, 6) is 0.353. The first-order valence-electron chi connectivity index (χ1n) is 12.0. The van der Waals surface area contributed by atoms with Crippen molar-refractivity contribution in [1.29, 1.82) is 0 Å². The topological polar surface area (TPSA) is 65.5 Å². The van der Waals surface area contributed by atoms with Gasteiger partial charge in [0.1, 0.15) is 0 Å². The van der Waals surface area contributed by atoms with Gasteiger partial charge in [-0.25, -0.2) is 0 Å². The Morgan fingerprint density at radius 3 is 2.44 bits per heavy atom. The molecule has 1 N–H and O–H groups in total. The second-order valence-corrected chi connectivity index (χ2v) is 9.88. The Balaban J connectivity index is 1.12. The van der Waals surface area contributed by atoms with Crippen LogP contribution in [-0.4, -0.2) is 53.6 Å². The van der Waals surface area contributed by atoms with Crippen molar-refractivity contribution < 1.29 is 9.59 Å². The summed E-state index contributed by atoms with van der Waals surface area (Å²) in [6, 6.07) is 25.6. The number of hydrogen-bond acceptors (Lipinski definition) is 5. The summed E-state index contributed by atoms with van der Waals surface area (Å²) in [7, 11) is 0. The molecule has 0 radical (unpaired) electrons. The molecule has 0 spiro atoms. The van der Waals surface area contributed by atoms with Gasteiger partial charge in [-0.05, 0) is 55.5 Å². The van der Waals surface area contributed by atoms with E-state index >= 15 is 0 Å². The molecule has 0 atom stereocenters. The van der Waals surface area contributed by atoms with Crippen LogP contribution in [0.25, 0.3) is 10.9 Å². The van der Waals surface area contributed by atoms with Gasteiger partial charge in [0.2, 0.25) is 5.91 Å². The second-order valence-electron chi connectivity index (χ2n) is 8.86. The number of benzene rings is 3. The summed E-state index contributed by atoms with van der Waals surface area (Å²) in [5.41, 5.74) is 4.62. The normalized spacial score (nSPS) is 13.6. The van der Waals surface area contributed by atoms with Crippen molar-refractivity contribution in [1.82, 2.24) is 9.88 Å². The summed E-state index contributed by atoms with van der Waals surface area (Å²) in [6.07, 6.45) is 1.77. The summed E-state index contributed by atoms with van der Waals surface area (Å²) >= 11 is 1.49. The Labute approximate surface area is 215 Å². The van der Waals surface area contributed by atoms with Crippen LogP contribution in [0, 0.1) is 6.92 Å². The van der Waals surface area contributed by atoms with E-state index in [2.05, 4.69) is 15.2 Å². The Morgan fingerprint density at radius 2 is 1.67 bits per heavy atom. The van der Waals surface area contributed by atoms with Gasteiger partial charge in [-0.2, -0.15) is 0 Å². The molecule has 1 aliphatic rings. The average molecular weight is 497 g/mol. The van der Waals surface area contributed by atoms with Crippen LogP contribution in [0.2, 0.25) is 0 Å². The molecule has 1 saturated heterocycles. The van der Waals surface area contributed by atoms with E-state index in [0.717, 1.165) is 51.4 Å². The molecule has 4 aromatic rings. The molecule has 0 bridgehead atoms. The molecule has 1 aromatic heterocycles. The summed E-state index contributed by atoms with van der Waals surface area (Å²) in [5, 5.41) is 4.05. The fraction of sp³-hybridized carbons (Fsp3) is 0.207. The fourth-order valence-corrected chi connectivity index (χ4v) is 5.26. The molecular weight excluding hydrogens is 468 g/mol. The zero-order valence-corrected chi connectivity index (χ0v) is 21.0. The lowest BCUT2D eigenvalue weighted by Gasteiger charge is -2.36. The zero-order valence-electron chi connectivity index (χ0n) is 20.2. The maximum Gasteiger partial charge on any atom is 0.253 e. The number of hydrogen-bond donors (Lipinski definition) is 1. The summed E-state index contributed by atoms with van der Waals surface area (Å²) < 4.78 is 0. The number of anilines is 2. The summed E-state index contributed by atoms with van der Waals surface area (Å²) in [4.78, 5) is 35.0. The Hall–Kier alpha value is -3.84. The lowest BCUT2D eigenvalue weighted by molar-refractivity contribution is -0.113. The van der Waals surface area contributed by atoms with E-state index in [9.17, 15) is 9.59 Å². The number of para-hydroxylation sites is 1. The first-order chi connectivity index (χ1) is 17.6. The number of piperazine rings is 1. The Kier molecular flexibility index (Phi) is 7.18. The molecule has 0 aliphatic carbocycles. The number of pyridine rings is 1. The van der Waals surface area contributed by atoms with Crippen molar-refractivity contribution in [2.24, 2.45) is 0 Å². The van der Waals surface area contributed by atoms with E-state index in [1.165, 1.54) is 11.8 Å². The first kappa shape index (κ1) is 23.9. The molecule has 36 heavy (non-hydrogen) atoms. The van der Waals surface area contributed by atoms with Gasteiger partial charge in [0, 0.05) is 59.6 Å². The smallest absolute Gasteiger partial charge is 0.253 e. The Morgan fingerprint density at radius 1 is 0.917 bits per heavy atom.